The Morgan fingerprint density at radius 2 is 1.71 bits per heavy atom. The fourth-order valence-electron chi connectivity index (χ4n) is 1.74. The molecule has 0 aliphatic carbocycles. The van der Waals surface area contributed by atoms with Crippen molar-refractivity contribution in [3.63, 3.8) is 0 Å². The van der Waals surface area contributed by atoms with Crippen molar-refractivity contribution in [2.24, 2.45) is 5.92 Å². The number of hydrogen-bond acceptors (Lipinski definition) is 6. The first kappa shape index (κ1) is 19.5. The molecule has 0 spiro atoms. The number of methoxy groups -OCH3 is 1. The fraction of sp³-hybridized carbons (Fsp3) is 0.471. The van der Waals surface area contributed by atoms with Crippen LogP contribution in [0.3, 0.4) is 0 Å². The summed E-state index contributed by atoms with van der Waals surface area (Å²) in [4.78, 5) is 35.5. The molecule has 1 amide bonds. The highest BCUT2D eigenvalue weighted by Crippen LogP contribution is 2.12. The van der Waals surface area contributed by atoms with Gasteiger partial charge in [-0.05, 0) is 26.3 Å². The molecule has 1 atom stereocenters. The molecule has 0 aromatic heterocycles. The first-order chi connectivity index (χ1) is 11.2. The maximum atomic E-state index is 12.0. The molecule has 0 aliphatic rings. The van der Waals surface area contributed by atoms with Crippen LogP contribution < -0.4 is 5.32 Å². The third-order valence-corrected chi connectivity index (χ3v) is 2.84. The minimum Gasteiger partial charge on any atom is -0.468 e. The Morgan fingerprint density at radius 3 is 2.25 bits per heavy atom. The average molecular weight is 337 g/mol. The van der Waals surface area contributed by atoms with E-state index in [1.165, 1.54) is 0 Å². The molecule has 1 aromatic carbocycles. The van der Waals surface area contributed by atoms with Gasteiger partial charge in [-0.25, -0.2) is 4.79 Å². The van der Waals surface area contributed by atoms with E-state index < -0.39 is 29.6 Å². The number of nitrogens with one attached hydrogen (secondary N) is 1. The summed E-state index contributed by atoms with van der Waals surface area (Å²) >= 11 is 0. The molecule has 0 unspecified atom stereocenters. The van der Waals surface area contributed by atoms with Gasteiger partial charge in [-0.1, -0.05) is 30.3 Å². The van der Waals surface area contributed by atoms with Crippen LogP contribution in [-0.2, 0) is 30.4 Å². The van der Waals surface area contributed by atoms with Crippen molar-refractivity contribution in [1.29, 1.82) is 0 Å². The van der Waals surface area contributed by atoms with Crippen molar-refractivity contribution >= 4 is 18.0 Å². The van der Waals surface area contributed by atoms with E-state index in [9.17, 15) is 14.4 Å². The smallest absolute Gasteiger partial charge is 0.407 e. The Hall–Kier alpha value is -2.57. The maximum Gasteiger partial charge on any atom is 0.407 e. The summed E-state index contributed by atoms with van der Waals surface area (Å²) < 4.78 is 14.7. The Balaban J connectivity index is 2.53. The van der Waals surface area contributed by atoms with Crippen LogP contribution in [0.25, 0.3) is 0 Å². The molecular formula is C17H23NO6. The zero-order valence-electron chi connectivity index (χ0n) is 14.3. The van der Waals surface area contributed by atoms with E-state index in [4.69, 9.17) is 9.47 Å². The van der Waals surface area contributed by atoms with E-state index >= 15 is 0 Å². The van der Waals surface area contributed by atoms with E-state index in [-0.39, 0.29) is 13.2 Å². The molecule has 0 bridgehead atoms. The minimum atomic E-state index is -1.25. The molecule has 0 aliphatic heterocycles. The molecular weight excluding hydrogens is 314 g/mol. The number of amides is 1. The van der Waals surface area contributed by atoms with E-state index in [0.29, 0.717) is 0 Å². The SMILES string of the molecule is COC(=O)[C@@H](CNC(=O)OCc1ccccc1)C(=O)OC(C)(C)C. The second-order valence-corrected chi connectivity index (χ2v) is 6.05. The largest absolute Gasteiger partial charge is 0.468 e. The minimum absolute atomic E-state index is 0.0853. The van der Waals surface area contributed by atoms with E-state index in [1.807, 2.05) is 30.3 Å². The van der Waals surface area contributed by atoms with E-state index in [2.05, 4.69) is 10.1 Å². The standard InChI is InChI=1S/C17H23NO6/c1-17(2,3)24-15(20)13(14(19)22-4)10-18-16(21)23-11-12-8-6-5-7-9-12/h5-9,13H,10-11H2,1-4H3,(H,18,21)/t13-/m1/s1. The number of hydrogen-bond donors (Lipinski definition) is 1. The first-order valence-corrected chi connectivity index (χ1v) is 7.48. The Labute approximate surface area is 141 Å². The number of benzene rings is 1. The summed E-state index contributed by atoms with van der Waals surface area (Å²) in [5, 5.41) is 2.37. The molecule has 1 aromatic rings. The van der Waals surface area contributed by atoms with Gasteiger partial charge in [0, 0.05) is 6.54 Å². The molecule has 0 saturated heterocycles. The molecule has 0 fully saturated rings. The number of carbonyl (C=O) groups excluding carboxylic acids is 3. The van der Waals surface area contributed by atoms with Crippen molar-refractivity contribution in [2.75, 3.05) is 13.7 Å². The van der Waals surface area contributed by atoms with Gasteiger partial charge in [0.25, 0.3) is 0 Å². The number of rotatable bonds is 6. The van der Waals surface area contributed by atoms with Crippen LogP contribution in [0.4, 0.5) is 4.79 Å². The van der Waals surface area contributed by atoms with Gasteiger partial charge in [-0.3, -0.25) is 9.59 Å². The zero-order valence-corrected chi connectivity index (χ0v) is 14.3. The predicted molar refractivity (Wildman–Crippen MR) is 86.0 cm³/mol. The van der Waals surface area contributed by atoms with E-state index in [1.54, 1.807) is 20.8 Å². The summed E-state index contributed by atoms with van der Waals surface area (Å²) in [6.07, 6.45) is -0.740. The van der Waals surface area contributed by atoms with Crippen molar-refractivity contribution in [2.45, 2.75) is 33.0 Å². The lowest BCUT2D eigenvalue weighted by atomic mass is 10.1. The highest BCUT2D eigenvalue weighted by atomic mass is 16.6. The van der Waals surface area contributed by atoms with Gasteiger partial charge in [0.2, 0.25) is 0 Å². The van der Waals surface area contributed by atoms with Crippen LogP contribution in [0.1, 0.15) is 26.3 Å². The lowest BCUT2D eigenvalue weighted by Crippen LogP contribution is -2.41. The van der Waals surface area contributed by atoms with Gasteiger partial charge in [0.05, 0.1) is 7.11 Å². The molecule has 0 radical (unpaired) electrons. The number of carbonyl (C=O) groups is 3. The molecule has 0 heterocycles. The van der Waals surface area contributed by atoms with Crippen molar-refractivity contribution in [3.05, 3.63) is 35.9 Å². The third-order valence-electron chi connectivity index (χ3n) is 2.84. The second-order valence-electron chi connectivity index (χ2n) is 6.05. The van der Waals surface area contributed by atoms with Crippen molar-refractivity contribution in [1.82, 2.24) is 5.32 Å². The maximum absolute atomic E-state index is 12.0. The lowest BCUT2D eigenvalue weighted by Gasteiger charge is -2.23. The summed E-state index contributed by atoms with van der Waals surface area (Å²) in [5.41, 5.74) is 0.0706. The monoisotopic (exact) mass is 337 g/mol. The quantitative estimate of drug-likeness (QED) is 0.485. The fourth-order valence-corrected chi connectivity index (χ4v) is 1.74. The van der Waals surface area contributed by atoms with Crippen molar-refractivity contribution < 1.29 is 28.6 Å². The predicted octanol–water partition coefficient (Wildman–Crippen LogP) is 2.04. The lowest BCUT2D eigenvalue weighted by molar-refractivity contribution is -0.167. The van der Waals surface area contributed by atoms with Gasteiger partial charge in [0.15, 0.2) is 5.92 Å². The Kier molecular flexibility index (Phi) is 7.23. The van der Waals surface area contributed by atoms with Gasteiger partial charge < -0.3 is 19.5 Å². The van der Waals surface area contributed by atoms with Crippen LogP contribution in [-0.4, -0.2) is 37.3 Å². The first-order valence-electron chi connectivity index (χ1n) is 7.48. The van der Waals surface area contributed by atoms with Gasteiger partial charge in [-0.2, -0.15) is 0 Å². The molecule has 24 heavy (non-hydrogen) atoms. The Morgan fingerprint density at radius 1 is 1.08 bits per heavy atom. The van der Waals surface area contributed by atoms with Crippen LogP contribution in [0.15, 0.2) is 30.3 Å². The molecule has 7 nitrogen and oxygen atoms in total. The summed E-state index contributed by atoms with van der Waals surface area (Å²) in [7, 11) is 1.16. The van der Waals surface area contributed by atoms with Crippen LogP contribution in [0.2, 0.25) is 0 Å². The molecule has 7 heteroatoms. The zero-order chi connectivity index (χ0) is 18.2. The highest BCUT2D eigenvalue weighted by molar-refractivity contribution is 5.95. The average Bonchev–Trinajstić information content (AvgIpc) is 2.52. The summed E-state index contributed by atoms with van der Waals surface area (Å²) in [5.74, 6) is -2.80. The van der Waals surface area contributed by atoms with Gasteiger partial charge in [0.1, 0.15) is 12.2 Å². The number of esters is 2. The van der Waals surface area contributed by atoms with Crippen LogP contribution >= 0.6 is 0 Å². The van der Waals surface area contributed by atoms with Crippen LogP contribution in [0.5, 0.6) is 0 Å². The molecule has 132 valence electrons. The number of ether oxygens (including phenoxy) is 3. The summed E-state index contributed by atoms with van der Waals surface area (Å²) in [6.45, 7) is 4.86. The second kappa shape index (κ2) is 8.90. The number of alkyl carbamates (subject to hydrolysis) is 1. The van der Waals surface area contributed by atoms with Crippen LogP contribution in [0, 0.1) is 5.92 Å². The molecule has 0 saturated carbocycles. The van der Waals surface area contributed by atoms with E-state index in [0.717, 1.165) is 12.7 Å². The molecule has 1 rings (SSSR count). The van der Waals surface area contributed by atoms with Gasteiger partial charge in [-0.15, -0.1) is 0 Å². The van der Waals surface area contributed by atoms with Crippen molar-refractivity contribution in [3.8, 4) is 0 Å². The third kappa shape index (κ3) is 7.13. The highest BCUT2D eigenvalue weighted by Gasteiger charge is 2.32. The summed E-state index contributed by atoms with van der Waals surface area (Å²) in [6, 6.07) is 9.13. The molecule has 1 N–H and O–H groups in total. The Bertz CT molecular complexity index is 564. The van der Waals surface area contributed by atoms with Gasteiger partial charge >= 0.3 is 18.0 Å². The normalized spacial score (nSPS) is 12.0. The topological polar surface area (TPSA) is 90.9 Å².